The minimum absolute atomic E-state index is 0.167. The van der Waals surface area contributed by atoms with E-state index in [4.69, 9.17) is 0 Å². The normalized spacial score (nSPS) is 22.7. The summed E-state index contributed by atoms with van der Waals surface area (Å²) < 4.78 is 30.6. The molecule has 0 aromatic carbocycles. The highest BCUT2D eigenvalue weighted by molar-refractivity contribution is 7.90. The smallest absolute Gasteiger partial charge is 0.217 e. The lowest BCUT2D eigenvalue weighted by molar-refractivity contribution is 0.272. The topological polar surface area (TPSA) is 73.0 Å². The first-order valence-corrected chi connectivity index (χ1v) is 9.10. The second kappa shape index (κ2) is 4.92. The van der Waals surface area contributed by atoms with Crippen LogP contribution in [0.15, 0.2) is 24.7 Å². The van der Waals surface area contributed by atoms with Crippen LogP contribution < -0.4 is 0 Å². The van der Waals surface area contributed by atoms with Gasteiger partial charge in [-0.15, -0.1) is 0 Å². The van der Waals surface area contributed by atoms with E-state index in [-0.39, 0.29) is 11.3 Å². The zero-order chi connectivity index (χ0) is 15.3. The quantitative estimate of drug-likeness (QED) is 0.842. The minimum atomic E-state index is -3.16. The highest BCUT2D eigenvalue weighted by atomic mass is 32.2. The number of hydrogen-bond acceptors (Lipinski definition) is 4. The van der Waals surface area contributed by atoms with Crippen molar-refractivity contribution in [3.05, 3.63) is 36.2 Å². The van der Waals surface area contributed by atoms with Gasteiger partial charge in [-0.3, -0.25) is 4.68 Å². The highest BCUT2D eigenvalue weighted by Gasteiger charge is 2.44. The van der Waals surface area contributed by atoms with Crippen molar-refractivity contribution in [2.75, 3.05) is 6.54 Å². The average Bonchev–Trinajstić information content (AvgIpc) is 3.10. The molecule has 0 saturated heterocycles. The second-order valence-corrected chi connectivity index (χ2v) is 8.16. The Labute approximate surface area is 129 Å². The number of imidazole rings is 1. The zero-order valence-electron chi connectivity index (χ0n) is 12.5. The Balaban J connectivity index is 1.62. The monoisotopic (exact) mass is 321 g/mol. The molecule has 2 aromatic rings. The summed E-state index contributed by atoms with van der Waals surface area (Å²) in [5.74, 6) is 0.831. The van der Waals surface area contributed by atoms with Gasteiger partial charge in [-0.1, -0.05) is 0 Å². The molecule has 0 amide bonds. The Hall–Kier alpha value is -1.67. The lowest BCUT2D eigenvalue weighted by Gasteiger charge is -2.33. The van der Waals surface area contributed by atoms with Gasteiger partial charge in [0.2, 0.25) is 10.0 Å². The van der Waals surface area contributed by atoms with Crippen molar-refractivity contribution in [3.8, 4) is 0 Å². The molecular formula is C14H19N5O2S. The lowest BCUT2D eigenvalue weighted by atomic mass is 10.2. The van der Waals surface area contributed by atoms with Gasteiger partial charge in [0, 0.05) is 25.5 Å². The largest absolute Gasteiger partial charge is 0.328 e. The molecule has 2 aromatic heterocycles. The van der Waals surface area contributed by atoms with Gasteiger partial charge >= 0.3 is 0 Å². The maximum Gasteiger partial charge on any atom is 0.217 e. The van der Waals surface area contributed by atoms with Gasteiger partial charge in [-0.2, -0.15) is 9.40 Å². The molecule has 22 heavy (non-hydrogen) atoms. The van der Waals surface area contributed by atoms with E-state index in [0.717, 1.165) is 24.4 Å². The van der Waals surface area contributed by atoms with E-state index < -0.39 is 10.0 Å². The van der Waals surface area contributed by atoms with Crippen LogP contribution in [0.5, 0.6) is 0 Å². The third-order valence-corrected chi connectivity index (χ3v) is 6.94. The Kier molecular flexibility index (Phi) is 3.12. The molecule has 3 heterocycles. The van der Waals surface area contributed by atoms with Crippen molar-refractivity contribution in [1.82, 2.24) is 23.6 Å². The SMILES string of the molecule is C[C@@H]1c2ncc(Cn3cccn3)n2CCN1S(=O)(=O)C1CC1. The number of fused-ring (bicyclic) bond motifs is 1. The Morgan fingerprint density at radius 1 is 1.32 bits per heavy atom. The first kappa shape index (κ1) is 14.0. The van der Waals surface area contributed by atoms with Gasteiger partial charge in [0.05, 0.1) is 29.7 Å². The standard InChI is InChI=1S/C14H19N5O2S/c1-11-14-15-9-12(10-17-6-2-5-16-17)18(14)7-8-19(11)22(20,21)13-3-4-13/h2,5-6,9,11,13H,3-4,7-8,10H2,1H3/t11-/m1/s1. The molecule has 7 nitrogen and oxygen atoms in total. The predicted molar refractivity (Wildman–Crippen MR) is 80.6 cm³/mol. The second-order valence-electron chi connectivity index (χ2n) is 5.99. The van der Waals surface area contributed by atoms with Crippen molar-refractivity contribution in [2.24, 2.45) is 0 Å². The fourth-order valence-electron chi connectivity index (χ4n) is 3.13. The van der Waals surface area contributed by atoms with Gasteiger partial charge in [0.25, 0.3) is 0 Å². The van der Waals surface area contributed by atoms with Crippen LogP contribution in [0.2, 0.25) is 0 Å². The first-order valence-electron chi connectivity index (χ1n) is 7.60. The summed E-state index contributed by atoms with van der Waals surface area (Å²) in [4.78, 5) is 4.48. The van der Waals surface area contributed by atoms with Crippen LogP contribution in [0, 0.1) is 0 Å². The van der Waals surface area contributed by atoms with Crippen molar-refractivity contribution in [3.63, 3.8) is 0 Å². The van der Waals surface area contributed by atoms with E-state index in [1.54, 1.807) is 10.5 Å². The van der Waals surface area contributed by atoms with Crippen LogP contribution >= 0.6 is 0 Å². The molecule has 0 N–H and O–H groups in total. The number of aromatic nitrogens is 4. The molecule has 2 aliphatic rings. The van der Waals surface area contributed by atoms with Gasteiger partial charge in [-0.25, -0.2) is 13.4 Å². The van der Waals surface area contributed by atoms with Gasteiger partial charge in [0.15, 0.2) is 0 Å². The van der Waals surface area contributed by atoms with Gasteiger partial charge < -0.3 is 4.57 Å². The molecule has 1 aliphatic carbocycles. The molecule has 1 atom stereocenters. The Bertz CT molecular complexity index is 776. The molecule has 1 saturated carbocycles. The average molecular weight is 321 g/mol. The van der Waals surface area contributed by atoms with E-state index >= 15 is 0 Å². The lowest BCUT2D eigenvalue weighted by Crippen LogP contribution is -2.43. The Morgan fingerprint density at radius 2 is 2.14 bits per heavy atom. The Morgan fingerprint density at radius 3 is 2.82 bits per heavy atom. The van der Waals surface area contributed by atoms with Gasteiger partial charge in [0.1, 0.15) is 5.82 Å². The third kappa shape index (κ3) is 2.17. The minimum Gasteiger partial charge on any atom is -0.328 e. The van der Waals surface area contributed by atoms with Gasteiger partial charge in [-0.05, 0) is 25.8 Å². The van der Waals surface area contributed by atoms with E-state index in [0.29, 0.717) is 19.6 Å². The molecule has 0 spiro atoms. The van der Waals surface area contributed by atoms with Crippen LogP contribution in [-0.2, 0) is 23.1 Å². The van der Waals surface area contributed by atoms with Crippen LogP contribution in [0.1, 0.15) is 37.3 Å². The molecule has 118 valence electrons. The van der Waals surface area contributed by atoms with E-state index in [2.05, 4.69) is 14.6 Å². The summed E-state index contributed by atoms with van der Waals surface area (Å²) in [6, 6.07) is 1.69. The van der Waals surface area contributed by atoms with Crippen LogP contribution in [0.25, 0.3) is 0 Å². The van der Waals surface area contributed by atoms with E-state index in [9.17, 15) is 8.42 Å². The first-order chi connectivity index (χ1) is 10.6. The fourth-order valence-corrected chi connectivity index (χ4v) is 5.12. The number of nitrogens with zero attached hydrogens (tertiary/aromatic N) is 5. The van der Waals surface area contributed by atoms with Crippen molar-refractivity contribution < 1.29 is 8.42 Å². The maximum atomic E-state index is 12.5. The molecule has 4 rings (SSSR count). The fraction of sp³-hybridized carbons (Fsp3) is 0.571. The summed E-state index contributed by atoms with van der Waals surface area (Å²) in [6.45, 7) is 3.76. The van der Waals surface area contributed by atoms with Crippen molar-refractivity contribution >= 4 is 10.0 Å². The maximum absolute atomic E-state index is 12.5. The molecule has 1 fully saturated rings. The summed E-state index contributed by atoms with van der Waals surface area (Å²) in [6.07, 6.45) is 7.09. The molecule has 1 aliphatic heterocycles. The number of rotatable bonds is 4. The summed E-state index contributed by atoms with van der Waals surface area (Å²) in [7, 11) is -3.16. The molecular weight excluding hydrogens is 302 g/mol. The number of sulfonamides is 1. The van der Waals surface area contributed by atoms with E-state index in [1.165, 1.54) is 0 Å². The van der Waals surface area contributed by atoms with Crippen LogP contribution in [0.4, 0.5) is 0 Å². The summed E-state index contributed by atoms with van der Waals surface area (Å²) in [5, 5.41) is 4.05. The van der Waals surface area contributed by atoms with Crippen molar-refractivity contribution in [1.29, 1.82) is 0 Å². The predicted octanol–water partition coefficient (Wildman–Crippen LogP) is 0.997. The highest BCUT2D eigenvalue weighted by Crippen LogP contribution is 2.36. The summed E-state index contributed by atoms with van der Waals surface area (Å²) >= 11 is 0. The van der Waals surface area contributed by atoms with Crippen LogP contribution in [-0.4, -0.2) is 43.8 Å². The van der Waals surface area contributed by atoms with Crippen molar-refractivity contribution in [2.45, 2.75) is 44.1 Å². The van der Waals surface area contributed by atoms with E-state index in [1.807, 2.05) is 30.1 Å². The molecule has 0 radical (unpaired) electrons. The van der Waals surface area contributed by atoms with Crippen LogP contribution in [0.3, 0.4) is 0 Å². The zero-order valence-corrected chi connectivity index (χ0v) is 13.3. The summed E-state index contributed by atoms with van der Waals surface area (Å²) in [5.41, 5.74) is 1.06. The molecule has 0 bridgehead atoms. The number of hydrogen-bond donors (Lipinski definition) is 0. The molecule has 8 heteroatoms. The molecule has 0 unspecified atom stereocenters. The third-order valence-electron chi connectivity index (χ3n) is 4.47.